The van der Waals surface area contributed by atoms with E-state index in [4.69, 9.17) is 22.6 Å². The van der Waals surface area contributed by atoms with Gasteiger partial charge in [-0.25, -0.2) is 4.90 Å². The molecule has 0 saturated heterocycles. The molecule has 0 aromatic heterocycles. The van der Waals surface area contributed by atoms with Crippen molar-refractivity contribution in [2.24, 2.45) is 17.2 Å². The van der Waals surface area contributed by atoms with Gasteiger partial charge in [0.25, 0.3) is 11.8 Å². The molecule has 0 unspecified atom stereocenters. The minimum absolute atomic E-state index is 0.0860. The largest absolute Gasteiger partial charge is 0.384 e. The Labute approximate surface area is 172 Å². The normalized spacial score (nSPS) is 11.2. The predicted molar refractivity (Wildman–Crippen MR) is 111 cm³/mol. The summed E-state index contributed by atoms with van der Waals surface area (Å²) in [7, 11) is 0. The Kier molecular flexibility index (Phi) is 7.37. The van der Waals surface area contributed by atoms with Crippen LogP contribution in [-0.2, 0) is 14.4 Å². The lowest BCUT2D eigenvalue weighted by atomic mass is 10.1. The van der Waals surface area contributed by atoms with Gasteiger partial charge in [0.15, 0.2) is 0 Å². The number of imide groups is 1. The summed E-state index contributed by atoms with van der Waals surface area (Å²) in [4.78, 5) is 50.5. The number of amides is 4. The Morgan fingerprint density at radius 3 is 2.17 bits per heavy atom. The van der Waals surface area contributed by atoms with Gasteiger partial charge in [0.05, 0.1) is 18.7 Å². The molecular formula is C20H22N6O4. The summed E-state index contributed by atoms with van der Waals surface area (Å²) in [6.07, 6.45) is -0.519. The van der Waals surface area contributed by atoms with E-state index in [9.17, 15) is 19.2 Å². The number of nitrogens with zero attached hydrogens (tertiary/aromatic N) is 1. The molecule has 156 valence electrons. The van der Waals surface area contributed by atoms with Crippen LogP contribution in [0.25, 0.3) is 0 Å². The Morgan fingerprint density at radius 1 is 0.967 bits per heavy atom. The lowest BCUT2D eigenvalue weighted by molar-refractivity contribution is -0.129. The smallest absolute Gasteiger partial charge is 0.265 e. The highest BCUT2D eigenvalue weighted by molar-refractivity contribution is 6.23. The molecule has 0 saturated carbocycles. The van der Waals surface area contributed by atoms with Gasteiger partial charge in [-0.2, -0.15) is 0 Å². The number of para-hydroxylation sites is 1. The van der Waals surface area contributed by atoms with Crippen molar-refractivity contribution in [2.75, 3.05) is 11.4 Å². The average molecular weight is 410 g/mol. The second kappa shape index (κ2) is 9.94. The zero-order valence-corrected chi connectivity index (χ0v) is 16.0. The van der Waals surface area contributed by atoms with Crippen molar-refractivity contribution >= 4 is 35.2 Å². The number of primary amides is 1. The number of amidine groups is 1. The number of benzene rings is 2. The van der Waals surface area contributed by atoms with E-state index in [1.165, 1.54) is 30.3 Å². The standard InChI is InChI=1S/C20H22N6O4/c21-11-17(28)25-15(10-16(22)27)20(30)26(14-7-2-1-3-8-14)19(29)13-6-4-5-12(9-13)18(23)24/h1-9,15H,10-11,21H2,(H2,22,27)(H3,23,24)(H,25,28)/t15-/m1/s1. The summed E-state index contributed by atoms with van der Waals surface area (Å²) in [5.74, 6) is -3.37. The van der Waals surface area contributed by atoms with Crippen LogP contribution < -0.4 is 27.4 Å². The summed E-state index contributed by atoms with van der Waals surface area (Å²) >= 11 is 0. The van der Waals surface area contributed by atoms with Crippen molar-refractivity contribution in [3.05, 3.63) is 65.7 Å². The molecule has 0 aliphatic rings. The summed E-state index contributed by atoms with van der Waals surface area (Å²) < 4.78 is 0. The van der Waals surface area contributed by atoms with E-state index in [2.05, 4.69) is 5.32 Å². The quantitative estimate of drug-likeness (QED) is 0.287. The lowest BCUT2D eigenvalue weighted by Crippen LogP contribution is -2.53. The molecule has 0 heterocycles. The molecule has 2 aromatic carbocycles. The first-order chi connectivity index (χ1) is 14.2. The number of nitrogen functional groups attached to an aromatic ring is 1. The lowest BCUT2D eigenvalue weighted by Gasteiger charge is -2.26. The summed E-state index contributed by atoms with van der Waals surface area (Å²) in [6.45, 7) is -0.414. The van der Waals surface area contributed by atoms with Gasteiger partial charge in [0.2, 0.25) is 11.8 Å². The predicted octanol–water partition coefficient (Wildman–Crippen LogP) is -0.537. The third kappa shape index (κ3) is 5.49. The maximum Gasteiger partial charge on any atom is 0.265 e. The molecular weight excluding hydrogens is 388 g/mol. The maximum absolute atomic E-state index is 13.2. The molecule has 0 radical (unpaired) electrons. The van der Waals surface area contributed by atoms with Crippen molar-refractivity contribution in [3.8, 4) is 0 Å². The van der Waals surface area contributed by atoms with Crippen LogP contribution in [0, 0.1) is 5.41 Å². The first-order valence-electron chi connectivity index (χ1n) is 8.90. The first kappa shape index (κ1) is 22.2. The highest BCUT2D eigenvalue weighted by Crippen LogP contribution is 2.20. The van der Waals surface area contributed by atoms with Crippen LogP contribution in [0.2, 0.25) is 0 Å². The first-order valence-corrected chi connectivity index (χ1v) is 8.90. The maximum atomic E-state index is 13.2. The van der Waals surface area contributed by atoms with Gasteiger partial charge in [-0.1, -0.05) is 30.3 Å². The van der Waals surface area contributed by atoms with Crippen molar-refractivity contribution in [3.63, 3.8) is 0 Å². The van der Waals surface area contributed by atoms with Crippen molar-refractivity contribution < 1.29 is 19.2 Å². The number of carbonyl (C=O) groups is 4. The molecule has 0 bridgehead atoms. The third-order valence-corrected chi connectivity index (χ3v) is 4.08. The molecule has 8 N–H and O–H groups in total. The Balaban J connectivity index is 2.51. The zero-order valence-electron chi connectivity index (χ0n) is 16.0. The van der Waals surface area contributed by atoms with E-state index in [0.717, 1.165) is 4.90 Å². The van der Waals surface area contributed by atoms with E-state index in [0.29, 0.717) is 5.56 Å². The van der Waals surface area contributed by atoms with Crippen molar-refractivity contribution in [2.45, 2.75) is 12.5 Å². The second-order valence-corrected chi connectivity index (χ2v) is 6.30. The fourth-order valence-corrected chi connectivity index (χ4v) is 2.68. The summed E-state index contributed by atoms with van der Waals surface area (Å²) in [5.41, 5.74) is 16.6. The SMILES string of the molecule is N=C(N)c1cccc(C(=O)N(C(=O)[C@@H](CC(N)=O)NC(=O)CN)c2ccccc2)c1. The molecule has 10 heteroatoms. The summed E-state index contributed by atoms with van der Waals surface area (Å²) in [5, 5.41) is 9.87. The second-order valence-electron chi connectivity index (χ2n) is 6.30. The molecule has 30 heavy (non-hydrogen) atoms. The Morgan fingerprint density at radius 2 is 1.60 bits per heavy atom. The molecule has 1 atom stereocenters. The molecule has 10 nitrogen and oxygen atoms in total. The van der Waals surface area contributed by atoms with Gasteiger partial charge in [-0.05, 0) is 24.3 Å². The van der Waals surface area contributed by atoms with E-state index in [1.54, 1.807) is 24.3 Å². The topological polar surface area (TPSA) is 185 Å². The Hall–Kier alpha value is -4.05. The molecule has 2 aromatic rings. The van der Waals surface area contributed by atoms with Crippen molar-refractivity contribution in [1.82, 2.24) is 5.32 Å². The van der Waals surface area contributed by atoms with E-state index < -0.39 is 42.6 Å². The van der Waals surface area contributed by atoms with E-state index in [-0.39, 0.29) is 17.1 Å². The molecule has 0 aliphatic heterocycles. The number of rotatable bonds is 8. The zero-order chi connectivity index (χ0) is 22.3. The monoisotopic (exact) mass is 410 g/mol. The fraction of sp³-hybridized carbons (Fsp3) is 0.150. The Bertz CT molecular complexity index is 976. The summed E-state index contributed by atoms with van der Waals surface area (Å²) in [6, 6.07) is 12.5. The van der Waals surface area contributed by atoms with Crippen LogP contribution >= 0.6 is 0 Å². The van der Waals surface area contributed by atoms with Crippen LogP contribution in [0.4, 0.5) is 5.69 Å². The number of nitrogens with one attached hydrogen (secondary N) is 2. The highest BCUT2D eigenvalue weighted by atomic mass is 16.2. The number of anilines is 1. The molecule has 0 aliphatic carbocycles. The van der Waals surface area contributed by atoms with Gasteiger partial charge in [-0.15, -0.1) is 0 Å². The average Bonchev–Trinajstić information content (AvgIpc) is 2.73. The fourth-order valence-electron chi connectivity index (χ4n) is 2.68. The number of hydrogen-bond acceptors (Lipinski definition) is 6. The van der Waals surface area contributed by atoms with Crippen LogP contribution in [-0.4, -0.2) is 42.1 Å². The minimum Gasteiger partial charge on any atom is -0.384 e. The molecule has 0 spiro atoms. The van der Waals surface area contributed by atoms with Crippen LogP contribution in [0.15, 0.2) is 54.6 Å². The highest BCUT2D eigenvalue weighted by Gasteiger charge is 2.33. The molecule has 2 rings (SSSR count). The molecule has 0 fully saturated rings. The number of hydrogen-bond donors (Lipinski definition) is 5. The van der Waals surface area contributed by atoms with Crippen LogP contribution in [0.1, 0.15) is 22.3 Å². The van der Waals surface area contributed by atoms with Gasteiger partial charge < -0.3 is 22.5 Å². The van der Waals surface area contributed by atoms with Gasteiger partial charge >= 0.3 is 0 Å². The number of carbonyl (C=O) groups excluding carboxylic acids is 4. The van der Waals surface area contributed by atoms with Crippen LogP contribution in [0.5, 0.6) is 0 Å². The van der Waals surface area contributed by atoms with Gasteiger partial charge in [0.1, 0.15) is 11.9 Å². The van der Waals surface area contributed by atoms with Gasteiger partial charge in [0, 0.05) is 11.1 Å². The minimum atomic E-state index is -1.39. The number of nitrogens with two attached hydrogens (primary N) is 3. The van der Waals surface area contributed by atoms with E-state index >= 15 is 0 Å². The third-order valence-electron chi connectivity index (χ3n) is 4.08. The van der Waals surface area contributed by atoms with Gasteiger partial charge in [-0.3, -0.25) is 24.6 Å². The van der Waals surface area contributed by atoms with Crippen LogP contribution in [0.3, 0.4) is 0 Å². The molecule has 4 amide bonds. The van der Waals surface area contributed by atoms with E-state index in [1.807, 2.05) is 0 Å². The van der Waals surface area contributed by atoms with Crippen molar-refractivity contribution in [1.29, 1.82) is 5.41 Å².